The molecule has 1 heterocycles. The number of hydrogen-bond acceptors (Lipinski definition) is 0. The van der Waals surface area contributed by atoms with Crippen LogP contribution in [0.3, 0.4) is 0 Å². The second-order valence-electron chi connectivity index (χ2n) is 3.82. The molecule has 0 atom stereocenters. The molecule has 1 aromatic heterocycles. The van der Waals surface area contributed by atoms with Crippen LogP contribution in [0.25, 0.3) is 0 Å². The van der Waals surface area contributed by atoms with E-state index in [0.29, 0.717) is 0 Å². The summed E-state index contributed by atoms with van der Waals surface area (Å²) >= 11 is 0. The third-order valence-electron chi connectivity index (χ3n) is 2.79. The smallest absolute Gasteiger partial charge is 0.243 e. The molecule has 0 bridgehead atoms. The molecule has 1 saturated carbocycles. The predicted molar refractivity (Wildman–Crippen MR) is 47.7 cm³/mol. The Morgan fingerprint density at radius 2 is 1.92 bits per heavy atom. The molecule has 2 rings (SSSR count). The fraction of sp³-hybridized carbons (Fsp3) is 0.700. The van der Waals surface area contributed by atoms with E-state index in [2.05, 4.69) is 34.9 Å². The van der Waals surface area contributed by atoms with Crippen molar-refractivity contribution in [3.05, 3.63) is 18.7 Å². The average Bonchev–Trinajstić information content (AvgIpc) is 2.54. The first-order valence-electron chi connectivity index (χ1n) is 4.89. The van der Waals surface area contributed by atoms with E-state index in [1.54, 1.807) is 0 Å². The first kappa shape index (κ1) is 10.6. The van der Waals surface area contributed by atoms with Crippen LogP contribution in [0, 0.1) is 0 Å². The van der Waals surface area contributed by atoms with Crippen LogP contribution in [-0.4, -0.2) is 4.57 Å². The van der Waals surface area contributed by atoms with E-state index < -0.39 is 0 Å². The van der Waals surface area contributed by atoms with Gasteiger partial charge in [0.15, 0.2) is 0 Å². The standard InChI is InChI=1S/C10H17N2.ClH/c1-11-7-8-12(9-11)10-5-3-2-4-6-10;/h7-10H,2-6H2,1H3;1H/q+1;/p-1. The summed E-state index contributed by atoms with van der Waals surface area (Å²) in [7, 11) is 2.08. The Balaban J connectivity index is 0.000000845. The Kier molecular flexibility index (Phi) is 3.79. The monoisotopic (exact) mass is 200 g/mol. The van der Waals surface area contributed by atoms with E-state index in [1.165, 1.54) is 32.1 Å². The van der Waals surface area contributed by atoms with Crippen molar-refractivity contribution in [2.75, 3.05) is 0 Å². The van der Waals surface area contributed by atoms with Gasteiger partial charge in [0, 0.05) is 0 Å². The van der Waals surface area contributed by atoms with Gasteiger partial charge >= 0.3 is 0 Å². The van der Waals surface area contributed by atoms with Crippen molar-refractivity contribution < 1.29 is 17.0 Å². The maximum Gasteiger partial charge on any atom is 0.243 e. The summed E-state index contributed by atoms with van der Waals surface area (Å²) in [6.07, 6.45) is 13.5. The summed E-state index contributed by atoms with van der Waals surface area (Å²) in [5.41, 5.74) is 0. The zero-order chi connectivity index (χ0) is 8.39. The van der Waals surface area contributed by atoms with E-state index >= 15 is 0 Å². The topological polar surface area (TPSA) is 8.81 Å². The van der Waals surface area contributed by atoms with Crippen molar-refractivity contribution in [3.63, 3.8) is 0 Å². The van der Waals surface area contributed by atoms with Crippen molar-refractivity contribution in [2.45, 2.75) is 38.1 Å². The number of aromatic nitrogens is 2. The highest BCUT2D eigenvalue weighted by atomic mass is 35.5. The van der Waals surface area contributed by atoms with Crippen LogP contribution in [0.1, 0.15) is 38.1 Å². The van der Waals surface area contributed by atoms with Crippen LogP contribution >= 0.6 is 0 Å². The number of imidazole rings is 1. The van der Waals surface area contributed by atoms with Gasteiger partial charge in [-0.25, -0.2) is 9.13 Å². The Bertz CT molecular complexity index is 251. The lowest BCUT2D eigenvalue weighted by molar-refractivity contribution is -0.671. The summed E-state index contributed by atoms with van der Waals surface area (Å²) in [5.74, 6) is 0. The minimum atomic E-state index is 0. The molecule has 74 valence electrons. The highest BCUT2D eigenvalue weighted by Gasteiger charge is 2.18. The molecule has 1 aliphatic carbocycles. The van der Waals surface area contributed by atoms with Gasteiger partial charge in [0.05, 0.1) is 7.05 Å². The summed E-state index contributed by atoms with van der Waals surface area (Å²) in [5, 5.41) is 0. The van der Waals surface area contributed by atoms with E-state index in [0.717, 1.165) is 6.04 Å². The van der Waals surface area contributed by atoms with Crippen LogP contribution in [-0.2, 0) is 7.05 Å². The number of aryl methyl sites for hydroxylation is 1. The summed E-state index contributed by atoms with van der Waals surface area (Å²) < 4.78 is 4.48. The predicted octanol–water partition coefficient (Wildman–Crippen LogP) is -1.18. The first-order valence-corrected chi connectivity index (χ1v) is 4.89. The van der Waals surface area contributed by atoms with Crippen LogP contribution in [0.15, 0.2) is 18.7 Å². The van der Waals surface area contributed by atoms with Gasteiger partial charge in [-0.05, 0) is 25.7 Å². The Morgan fingerprint density at radius 1 is 1.23 bits per heavy atom. The summed E-state index contributed by atoms with van der Waals surface area (Å²) in [6, 6.07) is 0.778. The van der Waals surface area contributed by atoms with Gasteiger partial charge in [0.2, 0.25) is 6.33 Å². The van der Waals surface area contributed by atoms with Gasteiger partial charge < -0.3 is 12.4 Å². The minimum absolute atomic E-state index is 0. The van der Waals surface area contributed by atoms with Gasteiger partial charge in [-0.1, -0.05) is 6.42 Å². The van der Waals surface area contributed by atoms with Gasteiger partial charge in [0.1, 0.15) is 18.4 Å². The molecule has 3 heteroatoms. The second kappa shape index (κ2) is 4.66. The van der Waals surface area contributed by atoms with Crippen LogP contribution in [0.5, 0.6) is 0 Å². The van der Waals surface area contributed by atoms with Gasteiger partial charge in [-0.2, -0.15) is 0 Å². The number of rotatable bonds is 1. The van der Waals surface area contributed by atoms with E-state index in [1.807, 2.05) is 0 Å². The quantitative estimate of drug-likeness (QED) is 0.505. The molecule has 1 aromatic rings. The van der Waals surface area contributed by atoms with Gasteiger partial charge in [-0.15, -0.1) is 0 Å². The first-order chi connectivity index (χ1) is 5.86. The Morgan fingerprint density at radius 3 is 2.46 bits per heavy atom. The van der Waals surface area contributed by atoms with Crippen LogP contribution in [0.2, 0.25) is 0 Å². The molecule has 2 nitrogen and oxygen atoms in total. The maximum atomic E-state index is 2.36. The van der Waals surface area contributed by atoms with Crippen molar-refractivity contribution in [1.29, 1.82) is 0 Å². The molecule has 1 fully saturated rings. The molecule has 1 aliphatic rings. The van der Waals surface area contributed by atoms with Gasteiger partial charge in [-0.3, -0.25) is 0 Å². The zero-order valence-corrected chi connectivity index (χ0v) is 8.87. The molecule has 0 saturated heterocycles. The molecule has 0 radical (unpaired) electrons. The van der Waals surface area contributed by atoms with Gasteiger partial charge in [0.25, 0.3) is 0 Å². The normalized spacial score (nSPS) is 18.2. The Labute approximate surface area is 86.0 Å². The molecule has 0 aromatic carbocycles. The third kappa shape index (κ3) is 2.47. The van der Waals surface area contributed by atoms with Crippen LogP contribution < -0.4 is 17.0 Å². The molecule has 0 unspecified atom stereocenters. The lowest BCUT2D eigenvalue weighted by Crippen LogP contribution is -3.00. The largest absolute Gasteiger partial charge is 1.00 e. The molecule has 0 N–H and O–H groups in total. The third-order valence-corrected chi connectivity index (χ3v) is 2.79. The SMILES string of the molecule is C[n+]1ccn(C2CCCCC2)c1.[Cl-]. The fourth-order valence-electron chi connectivity index (χ4n) is 2.06. The van der Waals surface area contributed by atoms with E-state index in [9.17, 15) is 0 Å². The summed E-state index contributed by atoms with van der Waals surface area (Å²) in [6.45, 7) is 0. The minimum Gasteiger partial charge on any atom is -1.00 e. The molecule has 0 aliphatic heterocycles. The van der Waals surface area contributed by atoms with Crippen LogP contribution in [0.4, 0.5) is 0 Å². The Hall–Kier alpha value is -0.500. The lowest BCUT2D eigenvalue weighted by Gasteiger charge is -2.18. The molecular formula is C10H17ClN2. The average molecular weight is 201 g/mol. The maximum absolute atomic E-state index is 2.36. The highest BCUT2D eigenvalue weighted by molar-refractivity contribution is 4.77. The molecule has 0 spiro atoms. The zero-order valence-electron chi connectivity index (χ0n) is 8.12. The van der Waals surface area contributed by atoms with Crippen molar-refractivity contribution >= 4 is 0 Å². The second-order valence-corrected chi connectivity index (χ2v) is 3.82. The number of nitrogens with zero attached hydrogens (tertiary/aromatic N) is 2. The van der Waals surface area contributed by atoms with Crippen molar-refractivity contribution in [2.24, 2.45) is 7.05 Å². The lowest BCUT2D eigenvalue weighted by atomic mass is 9.95. The van der Waals surface area contributed by atoms with Crippen molar-refractivity contribution in [1.82, 2.24) is 4.57 Å². The molecule has 13 heavy (non-hydrogen) atoms. The molecular weight excluding hydrogens is 184 g/mol. The fourth-order valence-corrected chi connectivity index (χ4v) is 2.06. The van der Waals surface area contributed by atoms with E-state index in [-0.39, 0.29) is 12.4 Å². The van der Waals surface area contributed by atoms with E-state index in [4.69, 9.17) is 0 Å². The summed E-state index contributed by atoms with van der Waals surface area (Å²) in [4.78, 5) is 0. The van der Waals surface area contributed by atoms with Crippen molar-refractivity contribution in [3.8, 4) is 0 Å². The highest BCUT2D eigenvalue weighted by Crippen LogP contribution is 2.27. The number of halogens is 1. The molecule has 0 amide bonds. The number of hydrogen-bond donors (Lipinski definition) is 0.